The fraction of sp³-hybridized carbons (Fsp3) is 0.479. The van der Waals surface area contributed by atoms with Gasteiger partial charge in [-0.05, 0) is 74.8 Å². The third-order valence-electron chi connectivity index (χ3n) is 11.8. The van der Waals surface area contributed by atoms with Crippen molar-refractivity contribution in [3.8, 4) is 0 Å². The van der Waals surface area contributed by atoms with Crippen molar-refractivity contribution in [3.05, 3.63) is 124 Å². The van der Waals surface area contributed by atoms with Gasteiger partial charge >= 0.3 is 0 Å². The molecule has 2 aromatic carbocycles. The number of nitrogens with one attached hydrogen (secondary N) is 4. The van der Waals surface area contributed by atoms with Crippen LogP contribution in [0.25, 0.3) is 11.2 Å². The minimum Gasteiger partial charge on any atom is -0.394 e. The van der Waals surface area contributed by atoms with Gasteiger partial charge in [-0.1, -0.05) is 60.7 Å². The second-order valence-electron chi connectivity index (χ2n) is 18.3. The van der Waals surface area contributed by atoms with Crippen molar-refractivity contribution in [2.24, 2.45) is 5.92 Å². The number of amides is 3. The van der Waals surface area contributed by atoms with Crippen LogP contribution in [-0.4, -0.2) is 135 Å². The number of aromatic nitrogens is 5. The van der Waals surface area contributed by atoms with Crippen LogP contribution in [0.2, 0.25) is 0 Å². The number of aromatic amines is 1. The summed E-state index contributed by atoms with van der Waals surface area (Å²) in [6.45, 7) is 9.98. The van der Waals surface area contributed by atoms with Crippen molar-refractivity contribution < 1.29 is 39.6 Å². The Labute approximate surface area is 389 Å². The molecule has 19 heteroatoms. The lowest BCUT2D eigenvalue weighted by molar-refractivity contribution is -0.132. The number of carbonyl (C=O) groups is 3. The smallest absolute Gasteiger partial charge is 0.278 e. The number of benzene rings is 2. The van der Waals surface area contributed by atoms with Crippen LogP contribution in [0.3, 0.4) is 0 Å². The third-order valence-corrected chi connectivity index (χ3v) is 11.8. The van der Waals surface area contributed by atoms with Gasteiger partial charge in [-0.2, -0.15) is 0 Å². The molecule has 3 aliphatic rings. The zero-order valence-corrected chi connectivity index (χ0v) is 38.5. The summed E-state index contributed by atoms with van der Waals surface area (Å²) in [5.74, 6) is -1.22. The molecule has 0 radical (unpaired) electrons. The van der Waals surface area contributed by atoms with Crippen molar-refractivity contribution in [1.82, 2.24) is 50.4 Å². The van der Waals surface area contributed by atoms with E-state index in [0.29, 0.717) is 43.6 Å². The molecule has 0 unspecified atom stereocenters. The van der Waals surface area contributed by atoms with E-state index in [2.05, 4.69) is 40.4 Å². The fourth-order valence-corrected chi connectivity index (χ4v) is 8.66. The monoisotopic (exact) mass is 924 g/mol. The average Bonchev–Trinajstić information content (AvgIpc) is 4.05. The molecule has 0 saturated carbocycles. The van der Waals surface area contributed by atoms with Crippen molar-refractivity contribution in [3.63, 3.8) is 0 Å². The van der Waals surface area contributed by atoms with E-state index >= 15 is 0 Å². The summed E-state index contributed by atoms with van der Waals surface area (Å²) < 4.78 is 7.36. The first-order valence-electron chi connectivity index (χ1n) is 22.6. The maximum Gasteiger partial charge on any atom is 0.278 e. The quantitative estimate of drug-likeness (QED) is 0.0622. The molecule has 360 valence electrons. The van der Waals surface area contributed by atoms with Gasteiger partial charge in [0.25, 0.3) is 5.56 Å². The molecule has 0 spiro atoms. The Kier molecular flexibility index (Phi) is 17.8. The Hall–Kier alpha value is -5.93. The second-order valence-corrected chi connectivity index (χ2v) is 18.3. The highest BCUT2D eigenvalue weighted by Crippen LogP contribution is 2.32. The highest BCUT2D eigenvalue weighted by molar-refractivity contribution is 5.83. The number of pyridine rings is 1. The molecule has 2 saturated heterocycles. The average molecular weight is 925 g/mol. The molecule has 1 aliphatic carbocycles. The summed E-state index contributed by atoms with van der Waals surface area (Å²) >= 11 is 0. The first-order chi connectivity index (χ1) is 32.1. The number of nitrogens with zero attached hydrogens (tertiary/aromatic N) is 6. The largest absolute Gasteiger partial charge is 0.394 e. The van der Waals surface area contributed by atoms with Crippen LogP contribution < -0.4 is 21.7 Å². The number of imidazole rings is 1. The van der Waals surface area contributed by atoms with Gasteiger partial charge in [0, 0.05) is 69.9 Å². The predicted molar refractivity (Wildman–Crippen MR) is 248 cm³/mol. The Morgan fingerprint density at radius 1 is 0.985 bits per heavy atom. The van der Waals surface area contributed by atoms with Crippen molar-refractivity contribution in [2.45, 2.75) is 109 Å². The normalized spacial score (nSPS) is 21.5. The summed E-state index contributed by atoms with van der Waals surface area (Å²) in [4.78, 5) is 67.4. The molecule has 5 heterocycles. The van der Waals surface area contributed by atoms with Crippen LogP contribution in [0.5, 0.6) is 0 Å². The minimum atomic E-state index is -0.833. The number of aliphatic hydroxyl groups is 3. The molecule has 5 aromatic rings. The third kappa shape index (κ3) is 14.3. The van der Waals surface area contributed by atoms with Crippen LogP contribution in [0.1, 0.15) is 81.5 Å². The minimum absolute atomic E-state index is 0.0111. The summed E-state index contributed by atoms with van der Waals surface area (Å²) in [7, 11) is 0. The zero-order chi connectivity index (χ0) is 48.1. The van der Waals surface area contributed by atoms with Gasteiger partial charge in [0.05, 0.1) is 43.6 Å². The van der Waals surface area contributed by atoms with Crippen LogP contribution in [-0.2, 0) is 38.5 Å². The van der Waals surface area contributed by atoms with E-state index in [1.165, 1.54) is 18.7 Å². The first kappa shape index (κ1) is 50.5. The van der Waals surface area contributed by atoms with E-state index in [-0.39, 0.29) is 49.3 Å². The number of rotatable bonds is 13. The molecule has 19 nitrogen and oxygen atoms in total. The van der Waals surface area contributed by atoms with Gasteiger partial charge in [-0.25, -0.2) is 15.4 Å². The molecule has 2 aliphatic heterocycles. The molecule has 67 heavy (non-hydrogen) atoms. The number of hydrogen-bond acceptors (Lipinski definition) is 14. The molecule has 7 atom stereocenters. The van der Waals surface area contributed by atoms with Crippen LogP contribution in [0.4, 0.5) is 0 Å². The van der Waals surface area contributed by atoms with Crippen LogP contribution in [0.15, 0.2) is 96.6 Å². The molecule has 0 bridgehead atoms. The van der Waals surface area contributed by atoms with E-state index in [1.54, 1.807) is 17.1 Å². The number of ether oxygens (including phenoxy) is 1. The Bertz CT molecular complexity index is 2430. The van der Waals surface area contributed by atoms with Gasteiger partial charge in [0.15, 0.2) is 11.2 Å². The van der Waals surface area contributed by atoms with E-state index in [1.807, 2.05) is 93.7 Å². The second kappa shape index (κ2) is 23.7. The number of hydrogen-bond donors (Lipinski definition) is 8. The fourth-order valence-electron chi connectivity index (χ4n) is 8.66. The zero-order valence-electron chi connectivity index (χ0n) is 38.5. The van der Waals surface area contributed by atoms with E-state index < -0.39 is 41.7 Å². The van der Waals surface area contributed by atoms with E-state index in [0.717, 1.165) is 41.6 Å². The van der Waals surface area contributed by atoms with Crippen molar-refractivity contribution in [2.75, 3.05) is 32.8 Å². The maximum absolute atomic E-state index is 13.8. The molecule has 8 rings (SSSR count). The highest BCUT2D eigenvalue weighted by Gasteiger charge is 2.37. The molecular weight excluding hydrogens is 861 g/mol. The Morgan fingerprint density at radius 2 is 1.72 bits per heavy atom. The van der Waals surface area contributed by atoms with Crippen molar-refractivity contribution in [1.29, 1.82) is 0 Å². The lowest BCUT2D eigenvalue weighted by Crippen LogP contribution is -2.61. The van der Waals surface area contributed by atoms with Crippen LogP contribution in [0, 0.1) is 5.92 Å². The number of fused-ring (bicyclic) bond motifs is 2. The number of H-pyrrole nitrogens is 1. The number of β-amino-alcohol motifs (C(OH)–C–C–N with tert-alkyl or cyclic N) is 1. The van der Waals surface area contributed by atoms with Crippen molar-refractivity contribution >= 4 is 28.9 Å². The number of piperazine rings is 1. The maximum atomic E-state index is 13.8. The lowest BCUT2D eigenvalue weighted by Gasteiger charge is -2.42. The summed E-state index contributed by atoms with van der Waals surface area (Å²) in [5, 5.41) is 45.1. The SMILES string of the molecule is CC(=O)NO.CC(C)(C)NC(=O)[C@@H]1CN(Cc2cccnc2)CCN1C[C@@H](O)C[C@H](Cc1ccccc1)C(=O)N[C@H]1c2ccccc2C[C@H]1O.O=c1[nH]cnc2c1ncn2[C@H]1CC[C@@H](CO)O1. The summed E-state index contributed by atoms with van der Waals surface area (Å²) in [5.41, 5.74) is 5.63. The summed E-state index contributed by atoms with van der Waals surface area (Å²) in [6, 6.07) is 20.6. The van der Waals surface area contributed by atoms with Gasteiger partial charge in [0.1, 0.15) is 12.3 Å². The molecule has 8 N–H and O–H groups in total. The Balaban J connectivity index is 0.000000275. The van der Waals surface area contributed by atoms with E-state index in [9.17, 15) is 29.4 Å². The molecule has 3 amide bonds. The van der Waals surface area contributed by atoms with E-state index in [4.69, 9.17) is 15.1 Å². The molecular formula is C48H64N10O9. The summed E-state index contributed by atoms with van der Waals surface area (Å²) in [6.07, 6.45) is 7.40. The standard InChI is InChI=1S/C36H47N5O4.C10H12N4O3.C2H5NO2/c1-36(2,3)39-35(45)31-24-40(22-26-12-9-15-37-21-26)16-17-41(31)23-29(42)19-28(18-25-10-5-4-6-11-25)34(44)38-33-30-14-8-7-13-27(30)20-32(33)43;15-3-6-1-2-7(17-6)14-5-13-8-9(14)11-4-12-10(8)16;1-2(4)3-5/h4-15,21,28-29,31-33,42-43H,16-20,22-24H2,1-3H3,(H,38,44)(H,39,45);4-7,15H,1-3H2,(H,11,12,16);5H,1H3,(H,3,4)/t28-,29-,31-,32+,33-;6-,7+;/m00./s1. The van der Waals surface area contributed by atoms with Gasteiger partial charge in [-0.3, -0.25) is 43.7 Å². The van der Waals surface area contributed by atoms with Crippen LogP contribution >= 0.6 is 0 Å². The molecule has 3 aromatic heterocycles. The predicted octanol–water partition coefficient (Wildman–Crippen LogP) is 2.17. The van der Waals surface area contributed by atoms with Gasteiger partial charge in [-0.15, -0.1) is 0 Å². The first-order valence-corrected chi connectivity index (χ1v) is 22.6. The number of aliphatic hydroxyl groups excluding tert-OH is 3. The van der Waals surface area contributed by atoms with Gasteiger partial charge in [0.2, 0.25) is 17.7 Å². The number of hydroxylamine groups is 1. The molecule has 2 fully saturated rings. The number of carbonyl (C=O) groups excluding carboxylic acids is 3. The van der Waals surface area contributed by atoms with Gasteiger partial charge < -0.3 is 35.7 Å². The Morgan fingerprint density at radius 3 is 2.40 bits per heavy atom. The topological polar surface area (TPSA) is 260 Å². The highest BCUT2D eigenvalue weighted by atomic mass is 16.5. The lowest BCUT2D eigenvalue weighted by atomic mass is 9.91.